The van der Waals surface area contributed by atoms with Crippen molar-refractivity contribution in [3.05, 3.63) is 53.1 Å². The minimum atomic E-state index is -1.11. The van der Waals surface area contributed by atoms with E-state index < -0.39 is 17.4 Å². The topological polar surface area (TPSA) is 20.2 Å². The van der Waals surface area contributed by atoms with Gasteiger partial charge in [0.05, 0.1) is 0 Å². The Labute approximate surface area is 162 Å². The van der Waals surface area contributed by atoms with Crippen molar-refractivity contribution in [2.24, 2.45) is 11.8 Å². The molecule has 27 heavy (non-hydrogen) atoms. The van der Waals surface area contributed by atoms with Crippen LogP contribution in [-0.4, -0.2) is 5.11 Å². The van der Waals surface area contributed by atoms with Crippen LogP contribution in [0.4, 0.5) is 8.78 Å². The second-order valence-electron chi connectivity index (χ2n) is 8.29. The average molecular weight is 375 g/mol. The lowest BCUT2D eigenvalue weighted by Crippen LogP contribution is -2.15. The van der Waals surface area contributed by atoms with Crippen molar-refractivity contribution < 1.29 is 13.9 Å². The smallest absolute Gasteiger partial charge is 0.200 e. The van der Waals surface area contributed by atoms with E-state index in [-0.39, 0.29) is 5.92 Å². The summed E-state index contributed by atoms with van der Waals surface area (Å²) >= 11 is 0. The molecule has 0 radical (unpaired) electrons. The highest BCUT2D eigenvalue weighted by molar-refractivity contribution is 5.32. The quantitative estimate of drug-likeness (QED) is 0.532. The second-order valence-corrected chi connectivity index (χ2v) is 8.29. The maximum absolute atomic E-state index is 14.1. The van der Waals surface area contributed by atoms with Crippen LogP contribution in [0.15, 0.2) is 35.9 Å². The van der Waals surface area contributed by atoms with Crippen molar-refractivity contribution in [2.45, 2.75) is 77.0 Å². The van der Waals surface area contributed by atoms with Gasteiger partial charge in [0.1, 0.15) is 0 Å². The van der Waals surface area contributed by atoms with Crippen LogP contribution >= 0.6 is 0 Å². The average Bonchev–Trinajstić information content (AvgIpc) is 2.69. The predicted octanol–water partition coefficient (Wildman–Crippen LogP) is 7.42. The van der Waals surface area contributed by atoms with Crippen molar-refractivity contribution in [2.75, 3.05) is 0 Å². The van der Waals surface area contributed by atoms with E-state index in [0.717, 1.165) is 31.6 Å². The van der Waals surface area contributed by atoms with Crippen LogP contribution in [0.3, 0.4) is 0 Å². The van der Waals surface area contributed by atoms with Crippen molar-refractivity contribution in [3.63, 3.8) is 0 Å². The van der Waals surface area contributed by atoms with Gasteiger partial charge >= 0.3 is 0 Å². The van der Waals surface area contributed by atoms with E-state index >= 15 is 0 Å². The summed E-state index contributed by atoms with van der Waals surface area (Å²) in [5, 5.41) is 9.30. The molecule has 0 spiro atoms. The molecule has 0 heterocycles. The third-order valence-electron chi connectivity index (χ3n) is 6.31. The Kier molecular flexibility index (Phi) is 7.09. The van der Waals surface area contributed by atoms with Crippen LogP contribution in [0.5, 0.6) is 5.75 Å². The maximum Gasteiger partial charge on any atom is 0.200 e. The first-order valence-corrected chi connectivity index (χ1v) is 10.6. The molecule has 0 unspecified atom stereocenters. The molecule has 2 saturated carbocycles. The fourth-order valence-electron chi connectivity index (χ4n) is 4.63. The van der Waals surface area contributed by atoms with Crippen molar-refractivity contribution in [3.8, 4) is 5.75 Å². The van der Waals surface area contributed by atoms with Crippen molar-refractivity contribution >= 4 is 0 Å². The van der Waals surface area contributed by atoms with Gasteiger partial charge in [0.15, 0.2) is 11.6 Å². The molecular weight excluding hydrogens is 342 g/mol. The fourth-order valence-corrected chi connectivity index (χ4v) is 4.63. The monoisotopic (exact) mass is 374 g/mol. The molecule has 3 heteroatoms. The van der Waals surface area contributed by atoms with Crippen molar-refractivity contribution in [1.29, 1.82) is 0 Å². The van der Waals surface area contributed by atoms with Crippen LogP contribution < -0.4 is 0 Å². The lowest BCUT2D eigenvalue weighted by atomic mass is 9.76. The number of halogens is 2. The summed E-state index contributed by atoms with van der Waals surface area (Å²) in [6, 6.07) is 2.82. The van der Waals surface area contributed by atoms with Gasteiger partial charge in [-0.25, -0.2) is 4.39 Å². The minimum absolute atomic E-state index is 0.0641. The van der Waals surface area contributed by atoms with E-state index in [4.69, 9.17) is 0 Å². The molecule has 0 aliphatic heterocycles. The number of phenols is 1. The molecule has 1 N–H and O–H groups in total. The van der Waals surface area contributed by atoms with Gasteiger partial charge in [-0.1, -0.05) is 43.2 Å². The number of allylic oxidation sites excluding steroid dienone is 4. The Morgan fingerprint density at radius 2 is 1.67 bits per heavy atom. The van der Waals surface area contributed by atoms with Crippen LogP contribution in [-0.2, 0) is 0 Å². The molecule has 1 aromatic carbocycles. The van der Waals surface area contributed by atoms with E-state index in [0.29, 0.717) is 11.5 Å². The van der Waals surface area contributed by atoms with Gasteiger partial charge in [-0.2, -0.15) is 4.39 Å². The van der Waals surface area contributed by atoms with Gasteiger partial charge in [-0.05, 0) is 87.2 Å². The molecule has 2 aliphatic rings. The lowest BCUT2D eigenvalue weighted by Gasteiger charge is -2.29. The van der Waals surface area contributed by atoms with Crippen LogP contribution in [0.25, 0.3) is 0 Å². The van der Waals surface area contributed by atoms with E-state index in [1.54, 1.807) is 11.6 Å². The SMILES string of the molecule is CCC/C=C/C1CCC(=CC2CCC(c3ccc(O)c(F)c3F)CC2)CC1. The number of phenolic OH excluding ortho intramolecular Hbond substituents is 1. The predicted molar refractivity (Wildman–Crippen MR) is 107 cm³/mol. The van der Waals surface area contributed by atoms with Gasteiger partial charge in [0.2, 0.25) is 5.82 Å². The summed E-state index contributed by atoms with van der Waals surface area (Å²) in [5.41, 5.74) is 2.02. The molecule has 2 aliphatic carbocycles. The first-order valence-electron chi connectivity index (χ1n) is 10.6. The number of unbranched alkanes of at least 4 members (excludes halogenated alkanes) is 1. The van der Waals surface area contributed by atoms with Crippen LogP contribution in [0.2, 0.25) is 0 Å². The zero-order valence-electron chi connectivity index (χ0n) is 16.4. The Hall–Kier alpha value is -1.64. The standard InChI is InChI=1S/C24H32F2O/c1-2-3-4-5-17-6-8-18(9-7-17)16-19-10-12-20(13-11-19)21-14-15-22(27)24(26)23(21)25/h4-5,14-17,19-20,27H,2-3,6-13H2,1H3/b5-4+,18-16?. The molecule has 1 nitrogen and oxygen atoms in total. The van der Waals surface area contributed by atoms with E-state index in [9.17, 15) is 13.9 Å². The number of aromatic hydroxyl groups is 1. The number of rotatable bonds is 5. The van der Waals surface area contributed by atoms with Gasteiger partial charge in [-0.15, -0.1) is 0 Å². The summed E-state index contributed by atoms with van der Waals surface area (Å²) in [4.78, 5) is 0. The van der Waals surface area contributed by atoms with E-state index in [1.807, 2.05) is 0 Å². The molecule has 1 aromatic rings. The van der Waals surface area contributed by atoms with E-state index in [2.05, 4.69) is 25.2 Å². The molecule has 148 valence electrons. The molecule has 0 amide bonds. The highest BCUT2D eigenvalue weighted by Crippen LogP contribution is 2.40. The Balaban J connectivity index is 1.50. The third-order valence-corrected chi connectivity index (χ3v) is 6.31. The van der Waals surface area contributed by atoms with Gasteiger partial charge in [0.25, 0.3) is 0 Å². The normalized spacial score (nSPS) is 26.5. The Bertz CT molecular complexity index is 674. The fraction of sp³-hybridized carbons (Fsp3) is 0.583. The molecule has 2 fully saturated rings. The summed E-state index contributed by atoms with van der Waals surface area (Å²) in [5.74, 6) is -1.19. The second kappa shape index (κ2) is 9.52. The number of hydrogen-bond donors (Lipinski definition) is 1. The number of benzene rings is 1. The maximum atomic E-state index is 14.1. The first kappa shape index (κ1) is 20.1. The Morgan fingerprint density at radius 3 is 2.33 bits per heavy atom. The number of hydrogen-bond acceptors (Lipinski definition) is 1. The van der Waals surface area contributed by atoms with Crippen molar-refractivity contribution in [1.82, 2.24) is 0 Å². The largest absolute Gasteiger partial charge is 0.505 e. The zero-order chi connectivity index (χ0) is 19.2. The molecule has 0 aromatic heterocycles. The molecule has 0 atom stereocenters. The minimum Gasteiger partial charge on any atom is -0.505 e. The summed E-state index contributed by atoms with van der Waals surface area (Å²) in [6.07, 6.45) is 18.4. The van der Waals surface area contributed by atoms with Crippen LogP contribution in [0, 0.1) is 23.5 Å². The highest BCUT2D eigenvalue weighted by atomic mass is 19.2. The van der Waals surface area contributed by atoms with Gasteiger partial charge in [0, 0.05) is 0 Å². The van der Waals surface area contributed by atoms with Crippen LogP contribution in [0.1, 0.15) is 82.6 Å². The Morgan fingerprint density at radius 1 is 0.963 bits per heavy atom. The summed E-state index contributed by atoms with van der Waals surface area (Å²) in [6.45, 7) is 2.22. The van der Waals surface area contributed by atoms with Gasteiger partial charge in [-0.3, -0.25) is 0 Å². The molecule has 0 saturated heterocycles. The molecule has 3 rings (SSSR count). The highest BCUT2D eigenvalue weighted by Gasteiger charge is 2.26. The lowest BCUT2D eigenvalue weighted by molar-refractivity contribution is 0.354. The first-order chi connectivity index (χ1) is 13.1. The summed E-state index contributed by atoms with van der Waals surface area (Å²) in [7, 11) is 0. The third kappa shape index (κ3) is 5.21. The zero-order valence-corrected chi connectivity index (χ0v) is 16.4. The molecule has 0 bridgehead atoms. The molecular formula is C24H32F2O. The summed E-state index contributed by atoms with van der Waals surface area (Å²) < 4.78 is 27.7. The van der Waals surface area contributed by atoms with Gasteiger partial charge < -0.3 is 5.11 Å². The van der Waals surface area contributed by atoms with E-state index in [1.165, 1.54) is 44.6 Å².